The molecule has 0 aliphatic heterocycles. The van der Waals surface area contributed by atoms with Crippen LogP contribution in [-0.2, 0) is 11.2 Å². The lowest BCUT2D eigenvalue weighted by atomic mass is 10.0. The lowest BCUT2D eigenvalue weighted by Crippen LogP contribution is -2.26. The number of ether oxygens (including phenoxy) is 2. The fourth-order valence-electron chi connectivity index (χ4n) is 2.54. The standard InChI is InChI=1S/C20H23ClN2O4/c1-4-13-5-7-14(8-6-13)12(2)23-20(25)15-9-16(21)19(17(10-15)26-3)27-11-18(22)24/h5-10,12H,4,11H2,1-3H3,(H2,22,24)(H,23,25). The minimum atomic E-state index is -0.641. The summed E-state index contributed by atoms with van der Waals surface area (Å²) >= 11 is 6.19. The van der Waals surface area contributed by atoms with Crippen LogP contribution in [0.15, 0.2) is 36.4 Å². The van der Waals surface area contributed by atoms with Crippen LogP contribution < -0.4 is 20.5 Å². The van der Waals surface area contributed by atoms with Crippen LogP contribution in [0.2, 0.25) is 5.02 Å². The summed E-state index contributed by atoms with van der Waals surface area (Å²) in [5.41, 5.74) is 7.63. The van der Waals surface area contributed by atoms with E-state index in [-0.39, 0.29) is 35.1 Å². The highest BCUT2D eigenvalue weighted by atomic mass is 35.5. The van der Waals surface area contributed by atoms with Crippen molar-refractivity contribution < 1.29 is 19.1 Å². The second kappa shape index (κ2) is 9.28. The van der Waals surface area contributed by atoms with Crippen molar-refractivity contribution in [2.75, 3.05) is 13.7 Å². The molecule has 3 N–H and O–H groups in total. The predicted octanol–water partition coefficient (Wildman–Crippen LogP) is 3.27. The van der Waals surface area contributed by atoms with Crippen LogP contribution in [0.4, 0.5) is 0 Å². The Balaban J connectivity index is 2.17. The van der Waals surface area contributed by atoms with Gasteiger partial charge in [-0.1, -0.05) is 42.8 Å². The van der Waals surface area contributed by atoms with E-state index in [1.807, 2.05) is 31.2 Å². The number of benzene rings is 2. The zero-order valence-corrected chi connectivity index (χ0v) is 16.3. The molecule has 7 heteroatoms. The molecule has 2 aromatic rings. The first-order valence-corrected chi connectivity index (χ1v) is 8.91. The molecule has 27 heavy (non-hydrogen) atoms. The number of nitrogens with two attached hydrogens (primary N) is 1. The van der Waals surface area contributed by atoms with Gasteiger partial charge in [0.05, 0.1) is 18.2 Å². The molecule has 144 valence electrons. The van der Waals surface area contributed by atoms with Crippen molar-refractivity contribution in [3.05, 3.63) is 58.1 Å². The second-order valence-electron chi connectivity index (χ2n) is 6.03. The second-order valence-corrected chi connectivity index (χ2v) is 6.44. The van der Waals surface area contributed by atoms with Gasteiger partial charge < -0.3 is 20.5 Å². The number of methoxy groups -OCH3 is 1. The third-order valence-electron chi connectivity index (χ3n) is 4.09. The molecule has 0 saturated carbocycles. The Morgan fingerprint density at radius 3 is 2.44 bits per heavy atom. The summed E-state index contributed by atoms with van der Waals surface area (Å²) in [6.45, 7) is 3.66. The first-order chi connectivity index (χ1) is 12.8. The quantitative estimate of drug-likeness (QED) is 0.723. The monoisotopic (exact) mass is 390 g/mol. The highest BCUT2D eigenvalue weighted by molar-refractivity contribution is 6.32. The maximum absolute atomic E-state index is 12.6. The number of halogens is 1. The first kappa shape index (κ1) is 20.6. The van der Waals surface area contributed by atoms with Crippen molar-refractivity contribution >= 4 is 23.4 Å². The molecule has 1 atom stereocenters. The Bertz CT molecular complexity index is 821. The molecule has 0 saturated heterocycles. The molecular formula is C20H23ClN2O4. The van der Waals surface area contributed by atoms with Gasteiger partial charge in [-0.15, -0.1) is 0 Å². The third-order valence-corrected chi connectivity index (χ3v) is 4.37. The number of carbonyl (C=O) groups excluding carboxylic acids is 2. The molecule has 0 aliphatic rings. The molecule has 0 spiro atoms. The smallest absolute Gasteiger partial charge is 0.255 e. The Morgan fingerprint density at radius 1 is 1.22 bits per heavy atom. The van der Waals surface area contributed by atoms with Crippen molar-refractivity contribution in [3.63, 3.8) is 0 Å². The summed E-state index contributed by atoms with van der Waals surface area (Å²) in [5.74, 6) is -0.534. The molecule has 1 unspecified atom stereocenters. The van der Waals surface area contributed by atoms with Gasteiger partial charge in [0, 0.05) is 5.56 Å². The highest BCUT2D eigenvalue weighted by Gasteiger charge is 2.18. The summed E-state index contributed by atoms with van der Waals surface area (Å²) in [4.78, 5) is 23.5. The number of hydrogen-bond donors (Lipinski definition) is 2. The molecule has 0 bridgehead atoms. The van der Waals surface area contributed by atoms with Crippen molar-refractivity contribution in [2.24, 2.45) is 5.73 Å². The molecule has 0 aliphatic carbocycles. The van der Waals surface area contributed by atoms with Gasteiger partial charge in [-0.2, -0.15) is 0 Å². The maximum Gasteiger partial charge on any atom is 0.255 e. The largest absolute Gasteiger partial charge is 0.493 e. The molecular weight excluding hydrogens is 368 g/mol. The van der Waals surface area contributed by atoms with E-state index >= 15 is 0 Å². The van der Waals surface area contributed by atoms with Crippen LogP contribution in [0.1, 0.15) is 41.4 Å². The Morgan fingerprint density at radius 2 is 1.89 bits per heavy atom. The number of nitrogens with one attached hydrogen (secondary N) is 1. The number of carbonyl (C=O) groups is 2. The predicted molar refractivity (Wildman–Crippen MR) is 104 cm³/mol. The lowest BCUT2D eigenvalue weighted by molar-refractivity contribution is -0.119. The van der Waals surface area contributed by atoms with Gasteiger partial charge in [0.25, 0.3) is 11.8 Å². The van der Waals surface area contributed by atoms with E-state index in [2.05, 4.69) is 12.2 Å². The van der Waals surface area contributed by atoms with Gasteiger partial charge in [-0.3, -0.25) is 9.59 Å². The highest BCUT2D eigenvalue weighted by Crippen LogP contribution is 2.36. The summed E-state index contributed by atoms with van der Waals surface area (Å²) in [5, 5.41) is 3.08. The summed E-state index contributed by atoms with van der Waals surface area (Å²) in [7, 11) is 1.42. The van der Waals surface area contributed by atoms with Crippen LogP contribution in [0.3, 0.4) is 0 Å². The first-order valence-electron chi connectivity index (χ1n) is 8.54. The van der Waals surface area contributed by atoms with Gasteiger partial charge in [-0.05, 0) is 36.6 Å². The SMILES string of the molecule is CCc1ccc(C(C)NC(=O)c2cc(Cl)c(OCC(N)=O)c(OC)c2)cc1. The zero-order valence-electron chi connectivity index (χ0n) is 15.5. The van der Waals surface area contributed by atoms with Crippen LogP contribution >= 0.6 is 11.6 Å². The molecule has 2 rings (SSSR count). The molecule has 0 aromatic heterocycles. The van der Waals surface area contributed by atoms with E-state index in [4.69, 9.17) is 26.8 Å². The number of rotatable bonds is 8. The van der Waals surface area contributed by atoms with Gasteiger partial charge in [0.1, 0.15) is 0 Å². The van der Waals surface area contributed by atoms with Gasteiger partial charge in [0.2, 0.25) is 0 Å². The summed E-state index contributed by atoms with van der Waals surface area (Å²) in [6, 6.07) is 10.9. The lowest BCUT2D eigenvalue weighted by Gasteiger charge is -2.17. The van der Waals surface area contributed by atoms with Crippen LogP contribution in [0.5, 0.6) is 11.5 Å². The van der Waals surface area contributed by atoms with E-state index in [1.165, 1.54) is 24.8 Å². The zero-order chi connectivity index (χ0) is 20.0. The van der Waals surface area contributed by atoms with Gasteiger partial charge in [-0.25, -0.2) is 0 Å². The molecule has 0 radical (unpaired) electrons. The van der Waals surface area contributed by atoms with E-state index in [9.17, 15) is 9.59 Å². The van der Waals surface area contributed by atoms with Gasteiger partial charge >= 0.3 is 0 Å². The van der Waals surface area contributed by atoms with E-state index < -0.39 is 5.91 Å². The van der Waals surface area contributed by atoms with Crippen LogP contribution in [-0.4, -0.2) is 25.5 Å². The number of hydrogen-bond acceptors (Lipinski definition) is 4. The van der Waals surface area contributed by atoms with E-state index in [0.717, 1.165) is 12.0 Å². The van der Waals surface area contributed by atoms with Crippen molar-refractivity contribution in [2.45, 2.75) is 26.3 Å². The molecule has 2 amide bonds. The summed E-state index contributed by atoms with van der Waals surface area (Å²) < 4.78 is 10.5. The molecule has 0 heterocycles. The average Bonchev–Trinajstić information content (AvgIpc) is 2.66. The van der Waals surface area contributed by atoms with E-state index in [0.29, 0.717) is 5.56 Å². The fraction of sp³-hybridized carbons (Fsp3) is 0.300. The van der Waals surface area contributed by atoms with E-state index in [1.54, 1.807) is 0 Å². The normalized spacial score (nSPS) is 11.6. The van der Waals surface area contributed by atoms with Crippen LogP contribution in [0, 0.1) is 0 Å². The number of amides is 2. The Labute approximate surface area is 163 Å². The third kappa shape index (κ3) is 5.37. The molecule has 2 aromatic carbocycles. The van der Waals surface area contributed by atoms with Crippen molar-refractivity contribution in [3.8, 4) is 11.5 Å². The Kier molecular flexibility index (Phi) is 7.07. The topological polar surface area (TPSA) is 90.6 Å². The number of primary amides is 1. The maximum atomic E-state index is 12.6. The number of aryl methyl sites for hydroxylation is 1. The minimum absolute atomic E-state index is 0.153. The Hall–Kier alpha value is -2.73. The minimum Gasteiger partial charge on any atom is -0.493 e. The molecule has 6 nitrogen and oxygen atoms in total. The fourth-order valence-corrected chi connectivity index (χ4v) is 2.80. The van der Waals surface area contributed by atoms with Crippen LogP contribution in [0.25, 0.3) is 0 Å². The average molecular weight is 391 g/mol. The van der Waals surface area contributed by atoms with Gasteiger partial charge in [0.15, 0.2) is 18.1 Å². The molecule has 0 fully saturated rings. The van der Waals surface area contributed by atoms with Crippen molar-refractivity contribution in [1.29, 1.82) is 0 Å². The van der Waals surface area contributed by atoms with Crippen molar-refractivity contribution in [1.82, 2.24) is 5.32 Å². The summed E-state index contributed by atoms with van der Waals surface area (Å²) in [6.07, 6.45) is 0.962.